The van der Waals surface area contributed by atoms with Crippen LogP contribution in [0.4, 0.5) is 0 Å². The van der Waals surface area contributed by atoms with Crippen molar-refractivity contribution in [1.82, 2.24) is 0 Å². The molecule has 9 aromatic carbocycles. The molecule has 142 heavy (non-hydrogen) atoms. The van der Waals surface area contributed by atoms with Crippen LogP contribution in [0, 0.1) is 0 Å². The van der Waals surface area contributed by atoms with Crippen LogP contribution in [0.2, 0.25) is 0 Å². The van der Waals surface area contributed by atoms with Crippen LogP contribution in [-0.2, 0) is 127 Å². The molecule has 0 saturated carbocycles. The number of unbranched alkanes of at least 4 members (excludes halogenated alkanes) is 6. The van der Waals surface area contributed by atoms with Crippen LogP contribution >= 0.6 is 0 Å². The number of carbonyl (C=O) groups is 9. The van der Waals surface area contributed by atoms with Gasteiger partial charge in [0.2, 0.25) is 28.9 Å². The van der Waals surface area contributed by atoms with E-state index in [2.05, 4.69) is 114 Å². The van der Waals surface area contributed by atoms with Crippen LogP contribution < -0.4 is 0 Å². The fraction of sp³-hybridized carbons (Fsp3) is 0.549. The monoisotopic (exact) mass is 2110 g/mol. The van der Waals surface area contributed by atoms with Gasteiger partial charge in [-0.2, -0.15) is 0 Å². The van der Waals surface area contributed by atoms with Gasteiger partial charge in [0.15, 0.2) is 74.9 Å². The molecule has 6 aliphatic rings. The summed E-state index contributed by atoms with van der Waals surface area (Å²) in [6.45, 7) is 24.5. The maximum atomic E-state index is 12.6. The highest BCUT2D eigenvalue weighted by Gasteiger charge is 2.33. The summed E-state index contributed by atoms with van der Waals surface area (Å²) in [5, 5.41) is 9.44. The van der Waals surface area contributed by atoms with Gasteiger partial charge in [-0.25, -0.2) is 0 Å². The molecule has 6 heterocycles. The zero-order chi connectivity index (χ0) is 102. The first-order valence-corrected chi connectivity index (χ1v) is 69.5. The molecule has 776 valence electrons. The third-order valence-electron chi connectivity index (χ3n) is 25.8. The predicted molar refractivity (Wildman–Crippen MR) is 640 cm³/mol. The zero-order valence-corrected chi connectivity index (χ0v) is 95.9. The molecule has 6 aliphatic heterocycles. The molecule has 0 aliphatic carbocycles. The maximum Gasteiger partial charge on any atom is 0.211 e. The van der Waals surface area contributed by atoms with Crippen LogP contribution in [0.25, 0.3) is 43.1 Å². The summed E-state index contributed by atoms with van der Waals surface area (Å²) >= 11 is 0. The van der Waals surface area contributed by atoms with Crippen LogP contribution in [-0.4, -0.2) is 234 Å². The number of hydrogen-bond acceptors (Lipinski definition) is 11. The molecule has 0 aromatic heterocycles. The highest BCUT2D eigenvalue weighted by atomic mass is 32.2. The summed E-state index contributed by atoms with van der Waals surface area (Å²) in [5.41, 5.74) is 4.37. The Hall–Kier alpha value is -5.88. The van der Waals surface area contributed by atoms with E-state index in [1.165, 1.54) is 249 Å². The number of benzene rings is 9. The van der Waals surface area contributed by atoms with Gasteiger partial charge in [-0.1, -0.05) is 284 Å². The van der Waals surface area contributed by atoms with Gasteiger partial charge in [-0.15, -0.1) is 0 Å². The minimum atomic E-state index is 0.217. The fourth-order valence-electron chi connectivity index (χ4n) is 16.8. The van der Waals surface area contributed by atoms with Crippen molar-refractivity contribution < 1.29 is 52.6 Å². The van der Waals surface area contributed by atoms with Crippen molar-refractivity contribution in [3.63, 3.8) is 0 Å². The molecule has 0 bridgehead atoms. The first-order chi connectivity index (χ1) is 69.2. The minimum absolute atomic E-state index is 0.217. The average Bonchev–Trinajstić information content (AvgIpc) is 1.25. The van der Waals surface area contributed by atoms with Gasteiger partial charge in [-0.05, 0) is 257 Å². The van der Waals surface area contributed by atoms with Crippen LogP contribution in [0.15, 0.2) is 200 Å². The highest BCUT2D eigenvalue weighted by Crippen LogP contribution is 2.26. The zero-order valence-electron chi connectivity index (χ0n) is 88.5. The second-order valence-electron chi connectivity index (χ2n) is 37.7. The van der Waals surface area contributed by atoms with E-state index in [0.717, 1.165) is 159 Å². The lowest BCUT2D eigenvalue weighted by Gasteiger charge is -2.13. The van der Waals surface area contributed by atoms with Crippen molar-refractivity contribution in [3.05, 3.63) is 228 Å². The summed E-state index contributed by atoms with van der Waals surface area (Å²) in [6, 6.07) is 66.9. The van der Waals surface area contributed by atoms with Gasteiger partial charge in [0, 0.05) is 64.4 Å². The summed E-state index contributed by atoms with van der Waals surface area (Å²) in [5.74, 6) is 32.6. The second kappa shape index (κ2) is 75.8. The average molecular weight is 2110 g/mol. The van der Waals surface area contributed by atoms with Gasteiger partial charge < -0.3 is 9.47 Å². The van der Waals surface area contributed by atoms with Crippen molar-refractivity contribution in [3.8, 4) is 0 Å². The van der Waals surface area contributed by atoms with Crippen molar-refractivity contribution >= 4 is 193 Å². The molecule has 0 N–H and O–H groups in total. The number of rotatable bonds is 45. The molecular weight excluding hydrogens is 1930 g/mol. The second-order valence-corrected chi connectivity index (χ2v) is 58.6. The molecule has 15 rings (SSSR count). The van der Waals surface area contributed by atoms with Crippen molar-refractivity contribution in [1.29, 1.82) is 0 Å². The first kappa shape index (κ1) is 123. The lowest BCUT2D eigenvalue weighted by atomic mass is 10.1. The Kier molecular flexibility index (Phi) is 65.6. The van der Waals surface area contributed by atoms with E-state index in [1.807, 2.05) is 155 Å². The minimum Gasteiger partial charge on any atom is -0.372 e. The van der Waals surface area contributed by atoms with Crippen LogP contribution in [0.3, 0.4) is 0 Å². The Morgan fingerprint density at radius 1 is 0.218 bits per heavy atom. The summed E-state index contributed by atoms with van der Waals surface area (Å²) in [7, 11) is 3.19. The molecular formula is C122H177O11S9+9. The van der Waals surface area contributed by atoms with Crippen molar-refractivity contribution in [2.45, 2.75) is 236 Å². The molecule has 0 radical (unpaired) electrons. The predicted octanol–water partition coefficient (Wildman–Crippen LogP) is 26.2. The molecule has 6 saturated heterocycles. The van der Waals surface area contributed by atoms with Gasteiger partial charge in [-0.3, -0.25) is 43.2 Å². The van der Waals surface area contributed by atoms with E-state index in [1.54, 1.807) is 0 Å². The van der Waals surface area contributed by atoms with E-state index in [-0.39, 0.29) is 27.6 Å². The van der Waals surface area contributed by atoms with E-state index in [9.17, 15) is 43.2 Å². The Morgan fingerprint density at radius 3 is 0.704 bits per heavy atom. The Bertz CT molecular complexity index is 4900. The summed E-state index contributed by atoms with van der Waals surface area (Å²) in [4.78, 5) is 106. The first-order valence-electron chi connectivity index (χ1n) is 53.9. The highest BCUT2D eigenvalue weighted by molar-refractivity contribution is 7.99. The van der Waals surface area contributed by atoms with E-state index in [4.69, 9.17) is 9.47 Å². The van der Waals surface area contributed by atoms with E-state index >= 15 is 0 Å². The van der Waals surface area contributed by atoms with Gasteiger partial charge >= 0.3 is 0 Å². The van der Waals surface area contributed by atoms with Gasteiger partial charge in [0.05, 0.1) is 26.4 Å². The third-order valence-corrected chi connectivity index (χ3v) is 47.2. The van der Waals surface area contributed by atoms with E-state index in [0.29, 0.717) is 135 Å². The SMILES string of the molecule is CCC(=O)C[S+]1CCCC1.CCC(=O)C[S+]1CCCCC1.CCC(=O)C[S+]1CCOCC1.CCCC[S+](CCCC)CC(=O)CC.CCCC[S+](CCCC)CC(=O)c1ccc2ccccc2c1.CCCC[S+](CCCC)CC(=O)c1ccccc1.O=C(C[S+]1CCCC1)c1ccc2ccccc2c1.O=C(C[S+]1CCCCC1)c1ccc2ccccc2c1.O=C(C[S+]1CCOCC1)c1ccc2ccccc2c1. The quantitative estimate of drug-likeness (QED) is 0.0263. The Balaban J connectivity index is 0.000000219. The number of hydrogen-bond donors (Lipinski definition) is 0. The number of carbonyl (C=O) groups excluding carboxylic acids is 9. The number of ether oxygens (including phenoxy) is 2. The molecule has 9 aromatic rings. The molecule has 11 nitrogen and oxygen atoms in total. The number of Topliss-reactive ketones (excluding diaryl/α,β-unsaturated/α-hetero) is 9. The topological polar surface area (TPSA) is 172 Å². The molecule has 6 fully saturated rings. The van der Waals surface area contributed by atoms with Crippen molar-refractivity contribution in [2.75, 3.05) is 182 Å². The van der Waals surface area contributed by atoms with Crippen LogP contribution in [0.5, 0.6) is 0 Å². The molecule has 0 unspecified atom stereocenters. The fourth-order valence-corrected chi connectivity index (χ4v) is 37.0. The Labute approximate surface area is 884 Å². The van der Waals surface area contributed by atoms with Gasteiger partial charge in [0.1, 0.15) is 104 Å². The number of ketones is 9. The number of fused-ring (bicyclic) bond motifs is 4. The standard InChI is InChI=1S/C20H27OS.C17H19OS.C16H17O2S.C16H17OS.C16H25OS.C12H25OS.C9H17OS.C8H15O2S.C8H15OS/c1-3-5-13-22(14-6-4-2)16-20(21)19-12-11-17-9-7-8-10-18(17)15-19;18-17(13-19-10-4-1-5-11-19)16-9-8-14-6-2-3-7-15(14)12-16;17-16(12-19-9-7-18-8-10-19)15-6-5-13-3-1-2-4-14(13)11-15;17-16(12-18-9-3-4-10-18)15-8-7-13-5-1-2-6-14(13)11-15;1-3-5-12-18(13-6-4-2)14-16(17)15-10-8-7-9-11-15;1-4-7-9-14(10-8-5-2)11-12(13)6-3;1-2-9(10)8-11-6-4-3-5-7-11;1-2-8(9)7-11-5-3-10-4-6-11;1-2-8(9)7-10-5-3-4-6-10/h7-12,15H,3-6,13-14,16H2,1-2H3;2-3,6-9,12H,1,4-5,10-11,13H2;1-6,11H,7-10,12H2;1-2,5-8,11H,3-4,9-10,12H2;7-11H,3-6,12-14H2,1-2H3;4-11H2,1-3H3;2-8H2,1H3;2-7H2,1H3;2-7H2,1H3/q9*+1. The smallest absolute Gasteiger partial charge is 0.211 e. The molecule has 0 amide bonds. The molecule has 0 atom stereocenters. The molecule has 20 heteroatoms. The van der Waals surface area contributed by atoms with Crippen LogP contribution in [0.1, 0.15) is 288 Å². The lowest BCUT2D eigenvalue weighted by Crippen LogP contribution is -2.31. The normalized spacial score (nSPS) is 15.2. The molecule has 0 spiro atoms. The summed E-state index contributed by atoms with van der Waals surface area (Å²) < 4.78 is 10.6. The van der Waals surface area contributed by atoms with Crippen molar-refractivity contribution in [2.24, 2.45) is 0 Å². The third kappa shape index (κ3) is 50.9. The Morgan fingerprint density at radius 2 is 0.437 bits per heavy atom. The lowest BCUT2D eigenvalue weighted by molar-refractivity contribution is -0.117. The summed E-state index contributed by atoms with van der Waals surface area (Å²) in [6.07, 6.45) is 31.4. The largest absolute Gasteiger partial charge is 0.372 e. The van der Waals surface area contributed by atoms with Gasteiger partial charge in [0.25, 0.3) is 0 Å². The maximum absolute atomic E-state index is 12.6. The van der Waals surface area contributed by atoms with E-state index < -0.39 is 0 Å².